The molecule has 0 aliphatic carbocycles. The van der Waals surface area contributed by atoms with Crippen LogP contribution < -0.4 is 5.32 Å². The fraction of sp³-hybridized carbons (Fsp3) is 0.667. The quantitative estimate of drug-likeness (QED) is 0.483. The molecule has 1 fully saturated rings. The number of rotatable bonds is 9. The Bertz CT molecular complexity index is 740. The van der Waals surface area contributed by atoms with E-state index in [0.29, 0.717) is 26.2 Å². The maximum atomic E-state index is 12.5. The third-order valence-electron chi connectivity index (χ3n) is 5.06. The molecule has 8 heteroatoms. The van der Waals surface area contributed by atoms with E-state index in [-0.39, 0.29) is 18.5 Å². The molecule has 1 aromatic carbocycles. The number of hydrogen-bond acceptors (Lipinski definition) is 4. The van der Waals surface area contributed by atoms with Gasteiger partial charge in [-0.15, -0.1) is 0 Å². The highest BCUT2D eigenvalue weighted by molar-refractivity contribution is 7.89. The van der Waals surface area contributed by atoms with Gasteiger partial charge in [-0.05, 0) is 37.8 Å². The zero-order chi connectivity index (χ0) is 21.3. The number of nitrogens with zero attached hydrogens (tertiary/aromatic N) is 3. The topological polar surface area (TPSA) is 74.2 Å². The monoisotopic (exact) mass is 424 g/mol. The van der Waals surface area contributed by atoms with Gasteiger partial charge in [-0.1, -0.05) is 31.2 Å². The summed E-state index contributed by atoms with van der Waals surface area (Å²) < 4.78 is 31.9. The standard InChI is InChI=1S/C21H36N4O3S/c1-5-19-6-8-20(9-7-19)10-11-23-21(22-4)24-12-14-25(15-13-24)29(26,27)17-16-28-18(2)3/h6-9,18H,5,10-17H2,1-4H3,(H,22,23). The van der Waals surface area contributed by atoms with Crippen molar-refractivity contribution in [3.8, 4) is 0 Å². The molecule has 0 atom stereocenters. The number of hydrogen-bond donors (Lipinski definition) is 1. The molecule has 1 saturated heterocycles. The van der Waals surface area contributed by atoms with Crippen LogP contribution in [0.15, 0.2) is 29.3 Å². The first kappa shape index (κ1) is 23.6. The predicted molar refractivity (Wildman–Crippen MR) is 119 cm³/mol. The lowest BCUT2D eigenvalue weighted by Crippen LogP contribution is -2.54. The third kappa shape index (κ3) is 7.60. The van der Waals surface area contributed by atoms with E-state index >= 15 is 0 Å². The Hall–Kier alpha value is -1.64. The van der Waals surface area contributed by atoms with E-state index in [1.165, 1.54) is 11.1 Å². The SMILES string of the molecule is CCc1ccc(CCNC(=NC)N2CCN(S(=O)(=O)CCOC(C)C)CC2)cc1. The van der Waals surface area contributed by atoms with E-state index in [2.05, 4.69) is 46.4 Å². The van der Waals surface area contributed by atoms with Crippen molar-refractivity contribution in [1.82, 2.24) is 14.5 Å². The van der Waals surface area contributed by atoms with Gasteiger partial charge < -0.3 is 15.0 Å². The van der Waals surface area contributed by atoms with Gasteiger partial charge in [-0.2, -0.15) is 4.31 Å². The van der Waals surface area contributed by atoms with Crippen molar-refractivity contribution in [3.63, 3.8) is 0 Å². The molecule has 0 radical (unpaired) electrons. The molecule has 0 saturated carbocycles. The molecule has 1 heterocycles. The first-order valence-corrected chi connectivity index (χ1v) is 12.1. The van der Waals surface area contributed by atoms with Crippen LogP contribution in [0, 0.1) is 0 Å². The predicted octanol–water partition coefficient (Wildman–Crippen LogP) is 1.74. The van der Waals surface area contributed by atoms with Crippen LogP contribution in [0.1, 0.15) is 31.9 Å². The molecule has 1 aliphatic heterocycles. The Morgan fingerprint density at radius 2 is 1.76 bits per heavy atom. The van der Waals surface area contributed by atoms with Gasteiger partial charge in [0, 0.05) is 39.8 Å². The molecule has 0 spiro atoms. The lowest BCUT2D eigenvalue weighted by atomic mass is 10.1. The summed E-state index contributed by atoms with van der Waals surface area (Å²) in [6.07, 6.45) is 2.02. The van der Waals surface area contributed by atoms with E-state index in [1.54, 1.807) is 11.4 Å². The van der Waals surface area contributed by atoms with Gasteiger partial charge in [-0.25, -0.2) is 8.42 Å². The first-order valence-electron chi connectivity index (χ1n) is 10.5. The Kier molecular flexibility index (Phi) is 9.39. The van der Waals surface area contributed by atoms with Crippen molar-refractivity contribution < 1.29 is 13.2 Å². The first-order chi connectivity index (χ1) is 13.9. The molecular formula is C21H36N4O3S. The summed E-state index contributed by atoms with van der Waals surface area (Å²) in [6, 6.07) is 8.71. The summed E-state index contributed by atoms with van der Waals surface area (Å²) in [5, 5.41) is 3.40. The molecule has 0 aromatic heterocycles. The molecule has 1 aromatic rings. The van der Waals surface area contributed by atoms with Crippen molar-refractivity contribution >= 4 is 16.0 Å². The molecule has 0 amide bonds. The van der Waals surface area contributed by atoms with E-state index in [1.807, 2.05) is 13.8 Å². The second kappa shape index (κ2) is 11.5. The summed E-state index contributed by atoms with van der Waals surface area (Å²) in [4.78, 5) is 6.49. The summed E-state index contributed by atoms with van der Waals surface area (Å²) >= 11 is 0. The van der Waals surface area contributed by atoms with Crippen LogP contribution in [0.3, 0.4) is 0 Å². The highest BCUT2D eigenvalue weighted by Crippen LogP contribution is 2.09. The molecule has 1 N–H and O–H groups in total. The second-order valence-electron chi connectivity index (χ2n) is 7.52. The maximum Gasteiger partial charge on any atom is 0.216 e. The fourth-order valence-corrected chi connectivity index (χ4v) is 4.57. The van der Waals surface area contributed by atoms with Crippen molar-refractivity contribution in [3.05, 3.63) is 35.4 Å². The van der Waals surface area contributed by atoms with Gasteiger partial charge >= 0.3 is 0 Å². The minimum atomic E-state index is -3.27. The zero-order valence-electron chi connectivity index (χ0n) is 18.2. The second-order valence-corrected chi connectivity index (χ2v) is 9.60. The van der Waals surface area contributed by atoms with E-state index in [4.69, 9.17) is 4.74 Å². The molecule has 2 rings (SSSR count). The average Bonchev–Trinajstić information content (AvgIpc) is 2.71. The largest absolute Gasteiger partial charge is 0.378 e. The van der Waals surface area contributed by atoms with Crippen LogP contribution in [0.25, 0.3) is 0 Å². The minimum absolute atomic E-state index is 0.0367. The number of aliphatic imine (C=N–C) groups is 1. The third-order valence-corrected chi connectivity index (χ3v) is 6.90. The van der Waals surface area contributed by atoms with Crippen molar-refractivity contribution in [1.29, 1.82) is 0 Å². The van der Waals surface area contributed by atoms with Crippen LogP contribution in [-0.4, -0.2) is 81.8 Å². The fourth-order valence-electron chi connectivity index (χ4n) is 3.29. The Labute approximate surface area is 176 Å². The van der Waals surface area contributed by atoms with Gasteiger partial charge in [0.25, 0.3) is 0 Å². The Morgan fingerprint density at radius 3 is 2.31 bits per heavy atom. The zero-order valence-corrected chi connectivity index (χ0v) is 19.0. The number of ether oxygens (including phenoxy) is 1. The molecule has 7 nitrogen and oxygen atoms in total. The van der Waals surface area contributed by atoms with E-state index in [0.717, 1.165) is 25.3 Å². The smallest absolute Gasteiger partial charge is 0.216 e. The van der Waals surface area contributed by atoms with Crippen molar-refractivity contribution in [2.24, 2.45) is 4.99 Å². The van der Waals surface area contributed by atoms with Crippen LogP contribution in [0.4, 0.5) is 0 Å². The highest BCUT2D eigenvalue weighted by atomic mass is 32.2. The maximum absolute atomic E-state index is 12.5. The molecule has 29 heavy (non-hydrogen) atoms. The molecule has 1 aliphatic rings. The lowest BCUT2D eigenvalue weighted by Gasteiger charge is -2.35. The van der Waals surface area contributed by atoms with Crippen LogP contribution in [0.2, 0.25) is 0 Å². The van der Waals surface area contributed by atoms with E-state index < -0.39 is 10.0 Å². The molecule has 0 bridgehead atoms. The summed E-state index contributed by atoms with van der Waals surface area (Å²) in [5.41, 5.74) is 2.64. The van der Waals surface area contributed by atoms with Crippen LogP contribution >= 0.6 is 0 Å². The average molecular weight is 425 g/mol. The van der Waals surface area contributed by atoms with Gasteiger partial charge in [0.1, 0.15) is 0 Å². The lowest BCUT2D eigenvalue weighted by molar-refractivity contribution is 0.0904. The molecule has 164 valence electrons. The summed E-state index contributed by atoms with van der Waals surface area (Å²) in [6.45, 7) is 9.22. The summed E-state index contributed by atoms with van der Waals surface area (Å²) in [5.74, 6) is 0.866. The highest BCUT2D eigenvalue weighted by Gasteiger charge is 2.27. The molecular weight excluding hydrogens is 388 g/mol. The van der Waals surface area contributed by atoms with Crippen LogP contribution in [0.5, 0.6) is 0 Å². The Morgan fingerprint density at radius 1 is 1.14 bits per heavy atom. The summed E-state index contributed by atoms with van der Waals surface area (Å²) in [7, 11) is -1.50. The number of guanidine groups is 1. The number of piperazine rings is 1. The number of aryl methyl sites for hydroxylation is 1. The number of benzene rings is 1. The van der Waals surface area contributed by atoms with Gasteiger partial charge in [0.15, 0.2) is 5.96 Å². The van der Waals surface area contributed by atoms with E-state index in [9.17, 15) is 8.42 Å². The number of sulfonamides is 1. The number of nitrogens with one attached hydrogen (secondary N) is 1. The van der Waals surface area contributed by atoms with Crippen LogP contribution in [-0.2, 0) is 27.6 Å². The normalized spacial score (nSPS) is 16.4. The van der Waals surface area contributed by atoms with Crippen molar-refractivity contribution in [2.75, 3.05) is 52.1 Å². The van der Waals surface area contributed by atoms with Gasteiger partial charge in [0.2, 0.25) is 10.0 Å². The Balaban J connectivity index is 1.77. The minimum Gasteiger partial charge on any atom is -0.378 e. The molecule has 0 unspecified atom stereocenters. The van der Waals surface area contributed by atoms with Gasteiger partial charge in [-0.3, -0.25) is 4.99 Å². The van der Waals surface area contributed by atoms with Crippen molar-refractivity contribution in [2.45, 2.75) is 39.7 Å². The van der Waals surface area contributed by atoms with Gasteiger partial charge in [0.05, 0.1) is 18.5 Å².